The van der Waals surface area contributed by atoms with E-state index in [2.05, 4.69) is 4.72 Å². The third kappa shape index (κ3) is 4.26. The van der Waals surface area contributed by atoms with Crippen LogP contribution < -0.4 is 15.2 Å². The molecule has 0 unspecified atom stereocenters. The maximum absolute atomic E-state index is 12.2. The Morgan fingerprint density at radius 2 is 1.91 bits per heavy atom. The van der Waals surface area contributed by atoms with Crippen LogP contribution in [0.1, 0.15) is 0 Å². The Balaban J connectivity index is 2.13. The van der Waals surface area contributed by atoms with Gasteiger partial charge in [-0.25, -0.2) is 8.42 Å². The second-order valence-corrected chi connectivity index (χ2v) is 8.01. The zero-order chi connectivity index (χ0) is 16.3. The van der Waals surface area contributed by atoms with E-state index < -0.39 is 15.9 Å². The average molecular weight is 381 g/mol. The molecule has 1 heterocycles. The van der Waals surface area contributed by atoms with Gasteiger partial charge < -0.3 is 10.5 Å². The molecule has 1 amide bonds. The molecular weight excluding hydrogens is 371 g/mol. The van der Waals surface area contributed by atoms with Crippen molar-refractivity contribution in [3.8, 4) is 5.75 Å². The summed E-state index contributed by atoms with van der Waals surface area (Å²) in [5.41, 5.74) is 5.27. The van der Waals surface area contributed by atoms with Crippen LogP contribution in [0.25, 0.3) is 0 Å². The van der Waals surface area contributed by atoms with Crippen LogP contribution in [-0.2, 0) is 14.8 Å². The molecule has 0 spiro atoms. The van der Waals surface area contributed by atoms with E-state index in [0.717, 1.165) is 11.3 Å². The third-order valence-electron chi connectivity index (χ3n) is 2.40. The minimum Gasteiger partial charge on any atom is -0.484 e. The van der Waals surface area contributed by atoms with Gasteiger partial charge in [0.05, 0.1) is 4.34 Å². The lowest BCUT2D eigenvalue weighted by atomic mass is 10.3. The average Bonchev–Trinajstić information content (AvgIpc) is 2.77. The first-order valence-corrected chi connectivity index (χ1v) is 8.82. The van der Waals surface area contributed by atoms with Gasteiger partial charge in [0.25, 0.3) is 15.9 Å². The molecule has 0 aliphatic carbocycles. The zero-order valence-electron chi connectivity index (χ0n) is 10.9. The highest BCUT2D eigenvalue weighted by Crippen LogP contribution is 2.35. The number of halogens is 2. The van der Waals surface area contributed by atoms with E-state index in [-0.39, 0.29) is 20.2 Å². The number of amides is 1. The summed E-state index contributed by atoms with van der Waals surface area (Å²) in [5.74, 6) is -0.216. The van der Waals surface area contributed by atoms with Crippen molar-refractivity contribution >= 4 is 56.2 Å². The standard InChI is InChI=1S/C12H10Cl2N2O4S2/c13-10-5-9(12(14)21-10)22(18,19)16-7-1-3-8(4-2-7)20-6-11(15)17/h1-5,16H,6H2,(H2,15,17). The van der Waals surface area contributed by atoms with Crippen LogP contribution in [0.15, 0.2) is 35.2 Å². The van der Waals surface area contributed by atoms with Gasteiger partial charge in [-0.3, -0.25) is 9.52 Å². The van der Waals surface area contributed by atoms with E-state index >= 15 is 0 Å². The second-order valence-electron chi connectivity index (χ2n) is 4.07. The number of hydrogen-bond acceptors (Lipinski definition) is 5. The Labute approximate surface area is 140 Å². The highest BCUT2D eigenvalue weighted by Gasteiger charge is 2.21. The predicted octanol–water partition coefficient (Wildman–Crippen LogP) is 2.72. The van der Waals surface area contributed by atoms with Crippen molar-refractivity contribution in [2.45, 2.75) is 4.90 Å². The van der Waals surface area contributed by atoms with E-state index in [9.17, 15) is 13.2 Å². The summed E-state index contributed by atoms with van der Waals surface area (Å²) in [4.78, 5) is 10.5. The topological polar surface area (TPSA) is 98.5 Å². The molecule has 0 bridgehead atoms. The molecule has 0 atom stereocenters. The number of ether oxygens (including phenoxy) is 1. The zero-order valence-corrected chi connectivity index (χ0v) is 14.0. The van der Waals surface area contributed by atoms with Crippen molar-refractivity contribution in [1.29, 1.82) is 0 Å². The molecule has 6 nitrogen and oxygen atoms in total. The largest absolute Gasteiger partial charge is 0.484 e. The number of benzene rings is 1. The quantitative estimate of drug-likeness (QED) is 0.804. The monoisotopic (exact) mass is 380 g/mol. The number of sulfonamides is 1. The summed E-state index contributed by atoms with van der Waals surface area (Å²) in [7, 11) is -3.83. The fourth-order valence-corrected chi connectivity index (χ4v) is 4.70. The molecule has 0 saturated heterocycles. The molecular formula is C12H10Cl2N2O4S2. The van der Waals surface area contributed by atoms with Gasteiger partial charge in [-0.1, -0.05) is 23.2 Å². The van der Waals surface area contributed by atoms with Gasteiger partial charge in [-0.2, -0.15) is 0 Å². The molecule has 2 aromatic rings. The maximum Gasteiger partial charge on any atom is 0.264 e. The summed E-state index contributed by atoms with van der Waals surface area (Å²) in [6.45, 7) is -0.256. The van der Waals surface area contributed by atoms with E-state index in [1.165, 1.54) is 30.3 Å². The van der Waals surface area contributed by atoms with E-state index in [4.69, 9.17) is 33.7 Å². The van der Waals surface area contributed by atoms with Crippen LogP contribution in [0.4, 0.5) is 5.69 Å². The Kier molecular flexibility index (Phi) is 5.17. The highest BCUT2D eigenvalue weighted by molar-refractivity contribution is 7.93. The van der Waals surface area contributed by atoms with Crippen molar-refractivity contribution in [3.63, 3.8) is 0 Å². The van der Waals surface area contributed by atoms with Crippen LogP contribution in [-0.4, -0.2) is 20.9 Å². The number of carbonyl (C=O) groups excluding carboxylic acids is 1. The number of thiophene rings is 1. The number of hydrogen-bond donors (Lipinski definition) is 2. The summed E-state index contributed by atoms with van der Waals surface area (Å²) in [6, 6.07) is 7.25. The van der Waals surface area contributed by atoms with Gasteiger partial charge in [0.2, 0.25) is 0 Å². The summed E-state index contributed by atoms with van der Waals surface area (Å²) >= 11 is 12.6. The Morgan fingerprint density at radius 1 is 1.27 bits per heavy atom. The van der Waals surface area contributed by atoms with Crippen molar-refractivity contribution in [2.24, 2.45) is 5.73 Å². The molecule has 0 aliphatic heterocycles. The fourth-order valence-electron chi connectivity index (χ4n) is 1.49. The van der Waals surface area contributed by atoms with Crippen LogP contribution >= 0.6 is 34.5 Å². The van der Waals surface area contributed by atoms with E-state index in [1.54, 1.807) is 0 Å². The first-order chi connectivity index (χ1) is 10.3. The summed E-state index contributed by atoms with van der Waals surface area (Å²) in [6.07, 6.45) is 0. The molecule has 0 aliphatic rings. The third-order valence-corrected chi connectivity index (χ3v) is 5.54. The van der Waals surface area contributed by atoms with Crippen molar-refractivity contribution in [1.82, 2.24) is 0 Å². The molecule has 3 N–H and O–H groups in total. The molecule has 118 valence electrons. The lowest BCUT2D eigenvalue weighted by molar-refractivity contribution is -0.119. The number of rotatable bonds is 6. The lowest BCUT2D eigenvalue weighted by Gasteiger charge is -2.08. The smallest absolute Gasteiger partial charge is 0.264 e. The molecule has 1 aromatic carbocycles. The molecule has 0 fully saturated rings. The normalized spacial score (nSPS) is 11.2. The molecule has 0 radical (unpaired) electrons. The van der Waals surface area contributed by atoms with Crippen LogP contribution in [0, 0.1) is 0 Å². The Hall–Kier alpha value is -1.48. The summed E-state index contributed by atoms with van der Waals surface area (Å²) < 4.78 is 32.2. The number of nitrogens with two attached hydrogens (primary N) is 1. The number of nitrogens with one attached hydrogen (secondary N) is 1. The summed E-state index contributed by atoms with van der Waals surface area (Å²) in [5, 5.41) is 0. The minimum atomic E-state index is -3.83. The molecule has 2 rings (SSSR count). The highest BCUT2D eigenvalue weighted by atomic mass is 35.5. The Bertz CT molecular complexity index is 788. The van der Waals surface area contributed by atoms with E-state index in [1.807, 2.05) is 0 Å². The van der Waals surface area contributed by atoms with Gasteiger partial charge in [0.15, 0.2) is 6.61 Å². The van der Waals surface area contributed by atoms with Crippen LogP contribution in [0.3, 0.4) is 0 Å². The maximum atomic E-state index is 12.2. The van der Waals surface area contributed by atoms with Gasteiger partial charge >= 0.3 is 0 Å². The van der Waals surface area contributed by atoms with Gasteiger partial charge in [0, 0.05) is 5.69 Å². The van der Waals surface area contributed by atoms with Gasteiger partial charge in [-0.05, 0) is 30.3 Å². The van der Waals surface area contributed by atoms with Gasteiger partial charge in [0.1, 0.15) is 15.0 Å². The molecule has 10 heteroatoms. The second kappa shape index (κ2) is 6.74. The number of anilines is 1. The van der Waals surface area contributed by atoms with Crippen molar-refractivity contribution in [3.05, 3.63) is 39.0 Å². The number of carbonyl (C=O) groups is 1. The van der Waals surface area contributed by atoms with Gasteiger partial charge in [-0.15, -0.1) is 11.3 Å². The SMILES string of the molecule is NC(=O)COc1ccc(NS(=O)(=O)c2cc(Cl)sc2Cl)cc1. The Morgan fingerprint density at radius 3 is 2.41 bits per heavy atom. The number of primary amides is 1. The molecule has 0 saturated carbocycles. The lowest BCUT2D eigenvalue weighted by Crippen LogP contribution is -2.20. The first-order valence-electron chi connectivity index (χ1n) is 5.77. The van der Waals surface area contributed by atoms with Crippen molar-refractivity contribution in [2.75, 3.05) is 11.3 Å². The predicted molar refractivity (Wildman–Crippen MR) is 86.3 cm³/mol. The van der Waals surface area contributed by atoms with E-state index in [0.29, 0.717) is 11.4 Å². The fraction of sp³-hybridized carbons (Fsp3) is 0.0833. The molecule has 22 heavy (non-hydrogen) atoms. The van der Waals surface area contributed by atoms with Crippen LogP contribution in [0.5, 0.6) is 5.75 Å². The molecule has 1 aromatic heterocycles. The van der Waals surface area contributed by atoms with Crippen LogP contribution in [0.2, 0.25) is 8.67 Å². The first kappa shape index (κ1) is 16.9. The minimum absolute atomic E-state index is 0.0823. The van der Waals surface area contributed by atoms with Crippen molar-refractivity contribution < 1.29 is 17.9 Å².